The Morgan fingerprint density at radius 1 is 0.833 bits per heavy atom. The van der Waals surface area contributed by atoms with E-state index < -0.39 is 0 Å². The first kappa shape index (κ1) is 20.0. The van der Waals surface area contributed by atoms with Crippen LogP contribution in [0.4, 0.5) is 16.2 Å². The molecular weight excluding hydrogens is 374 g/mol. The highest BCUT2D eigenvalue weighted by Crippen LogP contribution is 2.26. The summed E-state index contributed by atoms with van der Waals surface area (Å²) in [5.41, 5.74) is 2.05. The molecule has 4 rings (SSSR count). The van der Waals surface area contributed by atoms with E-state index >= 15 is 0 Å². The molecule has 0 saturated carbocycles. The van der Waals surface area contributed by atoms with E-state index in [4.69, 9.17) is 0 Å². The van der Waals surface area contributed by atoms with Gasteiger partial charge in [-0.2, -0.15) is 0 Å². The second kappa shape index (κ2) is 8.57. The molecule has 0 radical (unpaired) electrons. The van der Waals surface area contributed by atoms with Gasteiger partial charge in [0.1, 0.15) is 0 Å². The van der Waals surface area contributed by atoms with E-state index in [9.17, 15) is 9.59 Å². The molecule has 5 nitrogen and oxygen atoms in total. The summed E-state index contributed by atoms with van der Waals surface area (Å²) >= 11 is 0. The van der Waals surface area contributed by atoms with Crippen molar-refractivity contribution in [2.24, 2.45) is 0 Å². The third-order valence-corrected chi connectivity index (χ3v) is 5.86. The minimum Gasteiger partial charge on any atom is -0.333 e. The van der Waals surface area contributed by atoms with Crippen molar-refractivity contribution >= 4 is 34.1 Å². The van der Waals surface area contributed by atoms with Crippen LogP contribution in [0.1, 0.15) is 43.5 Å². The number of nitrogens with one attached hydrogen (secondary N) is 2. The maximum absolute atomic E-state index is 12.9. The third-order valence-electron chi connectivity index (χ3n) is 5.86. The molecule has 0 unspecified atom stereocenters. The zero-order chi connectivity index (χ0) is 21.1. The quantitative estimate of drug-likeness (QED) is 0.575. The van der Waals surface area contributed by atoms with E-state index in [0.717, 1.165) is 29.3 Å². The summed E-state index contributed by atoms with van der Waals surface area (Å²) in [7, 11) is 0. The second-order valence-electron chi connectivity index (χ2n) is 8.02. The first-order chi connectivity index (χ1) is 14.5. The van der Waals surface area contributed by atoms with Gasteiger partial charge in [-0.3, -0.25) is 4.79 Å². The first-order valence-electron chi connectivity index (χ1n) is 10.5. The Kier molecular flexibility index (Phi) is 5.70. The average Bonchev–Trinajstić information content (AvgIpc) is 2.74. The van der Waals surface area contributed by atoms with Gasteiger partial charge in [-0.1, -0.05) is 36.4 Å². The van der Waals surface area contributed by atoms with Crippen molar-refractivity contribution in [1.29, 1.82) is 0 Å². The second-order valence-corrected chi connectivity index (χ2v) is 8.02. The number of rotatable bonds is 3. The molecule has 1 aliphatic heterocycles. The number of nitrogens with zero attached hydrogens (tertiary/aromatic N) is 1. The molecule has 154 valence electrons. The van der Waals surface area contributed by atoms with Crippen LogP contribution < -0.4 is 10.6 Å². The lowest BCUT2D eigenvalue weighted by Gasteiger charge is -2.39. The molecular formula is C25H27N3O2. The van der Waals surface area contributed by atoms with Gasteiger partial charge in [0, 0.05) is 28.7 Å². The van der Waals surface area contributed by atoms with Gasteiger partial charge in [-0.15, -0.1) is 0 Å². The Balaban J connectivity index is 1.43. The molecule has 2 atom stereocenters. The fourth-order valence-corrected chi connectivity index (χ4v) is 4.29. The summed E-state index contributed by atoms with van der Waals surface area (Å²) in [4.78, 5) is 27.4. The highest BCUT2D eigenvalue weighted by atomic mass is 16.2. The first-order valence-corrected chi connectivity index (χ1v) is 10.5. The van der Waals surface area contributed by atoms with E-state index in [2.05, 4.69) is 24.5 Å². The molecule has 1 fully saturated rings. The topological polar surface area (TPSA) is 61.4 Å². The maximum Gasteiger partial charge on any atom is 0.323 e. The summed E-state index contributed by atoms with van der Waals surface area (Å²) in [6.07, 6.45) is 3.26. The van der Waals surface area contributed by atoms with Gasteiger partial charge in [-0.25, -0.2) is 4.79 Å². The molecule has 0 aliphatic carbocycles. The molecule has 5 heteroatoms. The van der Waals surface area contributed by atoms with E-state index in [-0.39, 0.29) is 24.0 Å². The molecule has 1 aliphatic rings. The Bertz CT molecular complexity index is 1050. The number of likely N-dealkylation sites (tertiary alicyclic amines) is 1. The van der Waals surface area contributed by atoms with E-state index in [1.54, 1.807) is 24.3 Å². The molecule has 0 aromatic heterocycles. The van der Waals surface area contributed by atoms with Gasteiger partial charge in [0.05, 0.1) is 5.69 Å². The molecule has 3 amide bonds. The lowest BCUT2D eigenvalue weighted by Crippen LogP contribution is -2.47. The molecule has 1 saturated heterocycles. The van der Waals surface area contributed by atoms with Gasteiger partial charge < -0.3 is 15.5 Å². The summed E-state index contributed by atoms with van der Waals surface area (Å²) in [5, 5.41) is 7.81. The number of urea groups is 1. The predicted molar refractivity (Wildman–Crippen MR) is 122 cm³/mol. The van der Waals surface area contributed by atoms with Crippen LogP contribution in [0.3, 0.4) is 0 Å². The summed E-state index contributed by atoms with van der Waals surface area (Å²) < 4.78 is 0. The Morgan fingerprint density at radius 2 is 1.50 bits per heavy atom. The zero-order valence-corrected chi connectivity index (χ0v) is 17.4. The van der Waals surface area contributed by atoms with E-state index in [1.165, 1.54) is 6.42 Å². The summed E-state index contributed by atoms with van der Waals surface area (Å²) in [6, 6.07) is 21.0. The number of fused-ring (bicyclic) bond motifs is 1. The van der Waals surface area contributed by atoms with Crippen LogP contribution >= 0.6 is 0 Å². The highest BCUT2D eigenvalue weighted by Gasteiger charge is 2.29. The van der Waals surface area contributed by atoms with Crippen molar-refractivity contribution in [3.05, 3.63) is 72.3 Å². The van der Waals surface area contributed by atoms with Crippen LogP contribution in [-0.2, 0) is 0 Å². The minimum atomic E-state index is -0.316. The lowest BCUT2D eigenvalue weighted by molar-refractivity contribution is 0.0511. The zero-order valence-electron chi connectivity index (χ0n) is 17.4. The van der Waals surface area contributed by atoms with Gasteiger partial charge in [0.2, 0.25) is 0 Å². The van der Waals surface area contributed by atoms with Crippen LogP contribution in [0.2, 0.25) is 0 Å². The molecule has 1 heterocycles. The van der Waals surface area contributed by atoms with Crippen molar-refractivity contribution in [2.45, 2.75) is 45.2 Å². The summed E-state index contributed by atoms with van der Waals surface area (Å²) in [5.74, 6) is 0.0569. The Labute approximate surface area is 177 Å². The molecule has 0 spiro atoms. The van der Waals surface area contributed by atoms with Crippen LogP contribution in [0.25, 0.3) is 10.8 Å². The Morgan fingerprint density at radius 3 is 2.23 bits per heavy atom. The fraction of sp³-hybridized carbons (Fsp3) is 0.280. The van der Waals surface area contributed by atoms with Crippen molar-refractivity contribution < 1.29 is 9.59 Å². The highest BCUT2D eigenvalue weighted by molar-refractivity contribution is 6.06. The van der Waals surface area contributed by atoms with Gasteiger partial charge in [-0.05, 0) is 68.8 Å². The van der Waals surface area contributed by atoms with E-state index in [0.29, 0.717) is 11.3 Å². The van der Waals surface area contributed by atoms with Crippen LogP contribution in [0, 0.1) is 0 Å². The van der Waals surface area contributed by atoms with E-state index in [1.807, 2.05) is 47.4 Å². The standard InChI is InChI=1S/C25H27N3O2/c1-17-7-5-8-18(2)28(17)24(29)20-13-15-21(16-14-20)26-25(30)27-23-12-6-10-19-9-3-4-11-22(19)23/h3-4,6,9-18H,5,7-8H2,1-2H3,(H2,26,27,30)/t17-,18-/m0/s1. The minimum absolute atomic E-state index is 0.0569. The van der Waals surface area contributed by atoms with Gasteiger partial charge in [0.25, 0.3) is 5.91 Å². The number of anilines is 2. The number of amides is 3. The molecule has 2 N–H and O–H groups in total. The largest absolute Gasteiger partial charge is 0.333 e. The molecule has 30 heavy (non-hydrogen) atoms. The third kappa shape index (κ3) is 4.15. The number of carbonyl (C=O) groups is 2. The molecule has 3 aromatic carbocycles. The predicted octanol–water partition coefficient (Wildman–Crippen LogP) is 5.89. The SMILES string of the molecule is C[C@H]1CCC[C@H](C)N1C(=O)c1ccc(NC(=O)Nc2cccc3ccccc23)cc1. The Hall–Kier alpha value is -3.34. The monoisotopic (exact) mass is 401 g/mol. The van der Waals surface area contributed by atoms with Crippen molar-refractivity contribution in [1.82, 2.24) is 4.90 Å². The number of hydrogen-bond donors (Lipinski definition) is 2. The number of carbonyl (C=O) groups excluding carboxylic acids is 2. The normalized spacial score (nSPS) is 18.8. The van der Waals surface area contributed by atoms with Crippen molar-refractivity contribution in [3.8, 4) is 0 Å². The number of piperidine rings is 1. The van der Waals surface area contributed by atoms with Crippen LogP contribution in [0.15, 0.2) is 66.7 Å². The average molecular weight is 402 g/mol. The molecule has 0 bridgehead atoms. The molecule has 3 aromatic rings. The summed E-state index contributed by atoms with van der Waals surface area (Å²) in [6.45, 7) is 4.22. The van der Waals surface area contributed by atoms with Gasteiger partial charge in [0.15, 0.2) is 0 Å². The number of benzene rings is 3. The van der Waals surface area contributed by atoms with Crippen LogP contribution in [0.5, 0.6) is 0 Å². The van der Waals surface area contributed by atoms with Gasteiger partial charge >= 0.3 is 6.03 Å². The van der Waals surface area contributed by atoms with Crippen molar-refractivity contribution in [2.75, 3.05) is 10.6 Å². The fourth-order valence-electron chi connectivity index (χ4n) is 4.29. The maximum atomic E-state index is 12.9. The lowest BCUT2D eigenvalue weighted by atomic mass is 9.96. The van der Waals surface area contributed by atoms with Crippen molar-refractivity contribution in [3.63, 3.8) is 0 Å². The smallest absolute Gasteiger partial charge is 0.323 e. The number of hydrogen-bond acceptors (Lipinski definition) is 2. The van der Waals surface area contributed by atoms with Crippen LogP contribution in [-0.4, -0.2) is 28.9 Å².